The van der Waals surface area contributed by atoms with Gasteiger partial charge in [0.05, 0.1) is 20.3 Å². The number of methoxy groups -OCH3 is 2. The number of nitrogens with one attached hydrogen (secondary N) is 1. The van der Waals surface area contributed by atoms with Crippen LogP contribution in [-0.2, 0) is 13.0 Å². The lowest BCUT2D eigenvalue weighted by Gasteiger charge is -2.29. The van der Waals surface area contributed by atoms with Crippen molar-refractivity contribution in [3.63, 3.8) is 0 Å². The van der Waals surface area contributed by atoms with Gasteiger partial charge in [0.1, 0.15) is 5.82 Å². The molecule has 1 aromatic heterocycles. The molecule has 2 heterocycles. The zero-order valence-corrected chi connectivity index (χ0v) is 16.3. The van der Waals surface area contributed by atoms with Gasteiger partial charge in [-0.05, 0) is 36.5 Å². The minimum Gasteiger partial charge on any atom is -0.481 e. The molecule has 3 rings (SSSR count). The predicted octanol–water partition coefficient (Wildman–Crippen LogP) is 3.60. The molecule has 27 heavy (non-hydrogen) atoms. The van der Waals surface area contributed by atoms with Crippen LogP contribution in [0.5, 0.6) is 11.8 Å². The van der Waals surface area contributed by atoms with Crippen LogP contribution in [-0.4, -0.2) is 41.7 Å². The normalized spacial score (nSPS) is 14.4. The number of anilines is 1. The molecule has 1 aliphatic heterocycles. The third-order valence-electron chi connectivity index (χ3n) is 4.94. The molecular weight excluding hydrogens is 344 g/mol. The number of amides is 2. The van der Waals surface area contributed by atoms with E-state index in [2.05, 4.69) is 40.4 Å². The highest BCUT2D eigenvalue weighted by molar-refractivity contribution is 5.92. The lowest BCUT2D eigenvalue weighted by Crippen LogP contribution is -2.38. The minimum atomic E-state index is -0.0453. The van der Waals surface area contributed by atoms with Crippen molar-refractivity contribution in [2.45, 2.75) is 39.2 Å². The van der Waals surface area contributed by atoms with Crippen molar-refractivity contribution >= 4 is 11.7 Å². The standard InChI is InChI=1S/C20H26N4O3/c1-5-13(10-17-22-18(26-3)11-19(23-17)27-4)14-7-8-15-12-24(6-2)20(25)21-16(15)9-14/h7-9,11,13H,5-6,10,12H2,1-4H3,(H,21,25). The van der Waals surface area contributed by atoms with Gasteiger partial charge in [-0.3, -0.25) is 0 Å². The van der Waals surface area contributed by atoms with Gasteiger partial charge in [0.15, 0.2) is 0 Å². The number of hydrogen-bond acceptors (Lipinski definition) is 5. The van der Waals surface area contributed by atoms with Crippen LogP contribution in [0.15, 0.2) is 24.3 Å². The number of urea groups is 1. The molecule has 2 aromatic rings. The average molecular weight is 370 g/mol. The molecule has 1 atom stereocenters. The fraction of sp³-hybridized carbons (Fsp3) is 0.450. The number of hydrogen-bond donors (Lipinski definition) is 1. The van der Waals surface area contributed by atoms with Gasteiger partial charge in [-0.15, -0.1) is 0 Å². The van der Waals surface area contributed by atoms with Crippen LogP contribution in [0.25, 0.3) is 0 Å². The van der Waals surface area contributed by atoms with Crippen LogP contribution in [0.3, 0.4) is 0 Å². The van der Waals surface area contributed by atoms with E-state index in [1.165, 1.54) is 0 Å². The van der Waals surface area contributed by atoms with E-state index >= 15 is 0 Å². The van der Waals surface area contributed by atoms with Crippen LogP contribution in [0.2, 0.25) is 0 Å². The number of benzene rings is 1. The first-order chi connectivity index (χ1) is 13.1. The fourth-order valence-corrected chi connectivity index (χ4v) is 3.30. The maximum absolute atomic E-state index is 12.1. The number of ether oxygens (including phenoxy) is 2. The largest absolute Gasteiger partial charge is 0.481 e. The summed E-state index contributed by atoms with van der Waals surface area (Å²) in [6.07, 6.45) is 1.59. The molecule has 0 radical (unpaired) electrons. The molecule has 1 aromatic carbocycles. The Balaban J connectivity index is 1.85. The Labute approximate surface area is 159 Å². The molecule has 0 saturated carbocycles. The lowest BCUT2D eigenvalue weighted by atomic mass is 9.91. The summed E-state index contributed by atoms with van der Waals surface area (Å²) in [5.74, 6) is 1.89. The zero-order valence-electron chi connectivity index (χ0n) is 16.3. The van der Waals surface area contributed by atoms with Gasteiger partial charge in [-0.25, -0.2) is 4.79 Å². The lowest BCUT2D eigenvalue weighted by molar-refractivity contribution is 0.210. The topological polar surface area (TPSA) is 76.6 Å². The smallest absolute Gasteiger partial charge is 0.322 e. The predicted molar refractivity (Wildman–Crippen MR) is 103 cm³/mol. The number of rotatable bonds is 7. The van der Waals surface area contributed by atoms with Crippen molar-refractivity contribution in [3.05, 3.63) is 41.2 Å². The molecule has 7 nitrogen and oxygen atoms in total. The molecular formula is C20H26N4O3. The molecule has 0 bridgehead atoms. The molecule has 2 amide bonds. The van der Waals surface area contributed by atoms with E-state index in [9.17, 15) is 4.79 Å². The Hall–Kier alpha value is -2.83. The second-order valence-corrected chi connectivity index (χ2v) is 6.54. The highest BCUT2D eigenvalue weighted by Crippen LogP contribution is 2.31. The first-order valence-electron chi connectivity index (χ1n) is 9.22. The average Bonchev–Trinajstić information content (AvgIpc) is 2.70. The van der Waals surface area contributed by atoms with Crippen LogP contribution in [0.4, 0.5) is 10.5 Å². The Morgan fingerprint density at radius 2 is 1.85 bits per heavy atom. The first kappa shape index (κ1) is 18.9. The van der Waals surface area contributed by atoms with Gasteiger partial charge in [0.25, 0.3) is 0 Å². The van der Waals surface area contributed by atoms with E-state index in [-0.39, 0.29) is 11.9 Å². The molecule has 144 valence electrons. The summed E-state index contributed by atoms with van der Waals surface area (Å²) in [6.45, 7) is 5.46. The Kier molecular flexibility index (Phi) is 5.78. The number of carbonyl (C=O) groups excluding carboxylic acids is 1. The van der Waals surface area contributed by atoms with Crippen molar-refractivity contribution in [2.24, 2.45) is 0 Å². The van der Waals surface area contributed by atoms with E-state index in [0.717, 1.165) is 23.2 Å². The summed E-state index contributed by atoms with van der Waals surface area (Å²) in [7, 11) is 3.16. The van der Waals surface area contributed by atoms with Crippen LogP contribution in [0.1, 0.15) is 43.1 Å². The van der Waals surface area contributed by atoms with Crippen molar-refractivity contribution in [1.82, 2.24) is 14.9 Å². The summed E-state index contributed by atoms with van der Waals surface area (Å²) in [6, 6.07) is 7.93. The van der Waals surface area contributed by atoms with Gasteiger partial charge in [0, 0.05) is 25.2 Å². The van der Waals surface area contributed by atoms with E-state index in [4.69, 9.17) is 9.47 Å². The van der Waals surface area contributed by atoms with Gasteiger partial charge in [-0.2, -0.15) is 9.97 Å². The number of fused-ring (bicyclic) bond motifs is 1. The molecule has 1 N–H and O–H groups in total. The van der Waals surface area contributed by atoms with Crippen LogP contribution in [0, 0.1) is 0 Å². The second kappa shape index (κ2) is 8.24. The minimum absolute atomic E-state index is 0.0453. The number of aromatic nitrogens is 2. The second-order valence-electron chi connectivity index (χ2n) is 6.54. The van der Waals surface area contributed by atoms with Crippen LogP contribution >= 0.6 is 0 Å². The molecule has 1 unspecified atom stereocenters. The molecule has 7 heteroatoms. The molecule has 0 aliphatic carbocycles. The van der Waals surface area contributed by atoms with Gasteiger partial charge >= 0.3 is 6.03 Å². The van der Waals surface area contributed by atoms with E-state index in [1.807, 2.05) is 6.92 Å². The van der Waals surface area contributed by atoms with Crippen molar-refractivity contribution in [1.29, 1.82) is 0 Å². The fourth-order valence-electron chi connectivity index (χ4n) is 3.30. The molecule has 1 aliphatic rings. The van der Waals surface area contributed by atoms with Crippen molar-refractivity contribution in [3.8, 4) is 11.8 Å². The Bertz CT molecular complexity index is 803. The maximum Gasteiger partial charge on any atom is 0.322 e. The van der Waals surface area contributed by atoms with Gasteiger partial charge in [-0.1, -0.05) is 19.1 Å². The number of carbonyl (C=O) groups is 1. The van der Waals surface area contributed by atoms with Gasteiger partial charge < -0.3 is 19.7 Å². The third-order valence-corrected chi connectivity index (χ3v) is 4.94. The number of nitrogens with zero attached hydrogens (tertiary/aromatic N) is 3. The first-order valence-corrected chi connectivity index (χ1v) is 9.22. The SMILES string of the molecule is CCC(Cc1nc(OC)cc(OC)n1)c1ccc2c(c1)NC(=O)N(CC)C2. The quantitative estimate of drug-likeness (QED) is 0.806. The van der Waals surface area contributed by atoms with Crippen molar-refractivity contribution < 1.29 is 14.3 Å². The summed E-state index contributed by atoms with van der Waals surface area (Å²) in [5.41, 5.74) is 3.19. The molecule has 0 fully saturated rings. The third kappa shape index (κ3) is 4.13. The Morgan fingerprint density at radius 1 is 1.15 bits per heavy atom. The van der Waals surface area contributed by atoms with E-state index in [0.29, 0.717) is 37.1 Å². The summed E-state index contributed by atoms with van der Waals surface area (Å²) in [4.78, 5) is 22.8. The monoisotopic (exact) mass is 370 g/mol. The summed E-state index contributed by atoms with van der Waals surface area (Å²) in [5, 5.41) is 3.00. The highest BCUT2D eigenvalue weighted by atomic mass is 16.5. The molecule has 0 spiro atoms. The summed E-state index contributed by atoms with van der Waals surface area (Å²) >= 11 is 0. The summed E-state index contributed by atoms with van der Waals surface area (Å²) < 4.78 is 10.5. The molecule has 0 saturated heterocycles. The van der Waals surface area contributed by atoms with Gasteiger partial charge in [0.2, 0.25) is 11.8 Å². The Morgan fingerprint density at radius 3 is 2.44 bits per heavy atom. The maximum atomic E-state index is 12.1. The van der Waals surface area contributed by atoms with Crippen molar-refractivity contribution in [2.75, 3.05) is 26.1 Å². The van der Waals surface area contributed by atoms with E-state index in [1.54, 1.807) is 25.2 Å². The zero-order chi connectivity index (χ0) is 19.4. The van der Waals surface area contributed by atoms with Crippen LogP contribution < -0.4 is 14.8 Å². The van der Waals surface area contributed by atoms with E-state index < -0.39 is 0 Å². The highest BCUT2D eigenvalue weighted by Gasteiger charge is 2.23.